The van der Waals surface area contributed by atoms with Crippen LogP contribution in [0.5, 0.6) is 0 Å². The number of nitrogens with one attached hydrogen (secondary N) is 1. The van der Waals surface area contributed by atoms with Crippen molar-refractivity contribution < 1.29 is 13.9 Å². The number of hydrazine groups is 1. The van der Waals surface area contributed by atoms with Gasteiger partial charge in [0.1, 0.15) is 5.82 Å². The first-order valence-corrected chi connectivity index (χ1v) is 7.64. The molecule has 4 nitrogen and oxygen atoms in total. The van der Waals surface area contributed by atoms with E-state index in [1.807, 2.05) is 12.1 Å². The van der Waals surface area contributed by atoms with Crippen LogP contribution in [-0.4, -0.2) is 31.5 Å². The highest BCUT2D eigenvalue weighted by Gasteiger charge is 2.42. The monoisotopic (exact) mass is 294 g/mol. The summed E-state index contributed by atoms with van der Waals surface area (Å²) in [5.74, 6) is 5.96. The molecule has 2 aliphatic rings. The van der Waals surface area contributed by atoms with Crippen molar-refractivity contribution in [2.45, 2.75) is 37.3 Å². The second kappa shape index (κ2) is 6.40. The quantitative estimate of drug-likeness (QED) is 0.656. The van der Waals surface area contributed by atoms with Gasteiger partial charge in [-0.2, -0.15) is 0 Å². The molecule has 1 spiro atoms. The molecule has 1 aromatic rings. The van der Waals surface area contributed by atoms with Gasteiger partial charge < -0.3 is 9.47 Å². The topological polar surface area (TPSA) is 56.5 Å². The van der Waals surface area contributed by atoms with Crippen molar-refractivity contribution >= 4 is 0 Å². The van der Waals surface area contributed by atoms with E-state index in [1.165, 1.54) is 6.07 Å². The van der Waals surface area contributed by atoms with Gasteiger partial charge in [0, 0.05) is 25.7 Å². The maximum Gasteiger partial charge on any atom is 0.126 e. The van der Waals surface area contributed by atoms with Gasteiger partial charge in [0.15, 0.2) is 0 Å². The summed E-state index contributed by atoms with van der Waals surface area (Å²) in [5.41, 5.74) is 3.46. The van der Waals surface area contributed by atoms with Crippen molar-refractivity contribution in [3.05, 3.63) is 35.6 Å². The number of halogens is 1. The molecule has 3 unspecified atom stereocenters. The number of rotatable bonds is 4. The lowest BCUT2D eigenvalue weighted by Gasteiger charge is -2.40. The fraction of sp³-hybridized carbons (Fsp3) is 0.625. The minimum atomic E-state index is -0.163. The Hall–Kier alpha value is -1.01. The van der Waals surface area contributed by atoms with E-state index in [-0.39, 0.29) is 17.5 Å². The van der Waals surface area contributed by atoms with Gasteiger partial charge in [0.2, 0.25) is 0 Å². The van der Waals surface area contributed by atoms with Crippen LogP contribution in [0.3, 0.4) is 0 Å². The fourth-order valence-electron chi connectivity index (χ4n) is 3.53. The standard InChI is InChI=1S/C16H23FN2O2/c17-14-4-2-1-3-12(14)9-15(19-18)13-5-7-21-16(10-13)6-8-20-11-16/h1-4,13,15,19H,5-11,18H2. The predicted octanol–water partition coefficient (Wildman–Crippen LogP) is 1.79. The van der Waals surface area contributed by atoms with Crippen molar-refractivity contribution in [3.8, 4) is 0 Å². The minimum absolute atomic E-state index is 0.0586. The Kier molecular flexibility index (Phi) is 4.54. The van der Waals surface area contributed by atoms with Crippen molar-refractivity contribution in [2.24, 2.45) is 11.8 Å². The minimum Gasteiger partial charge on any atom is -0.378 e. The Morgan fingerprint density at radius 3 is 2.95 bits per heavy atom. The average molecular weight is 294 g/mol. The maximum absolute atomic E-state index is 13.8. The van der Waals surface area contributed by atoms with E-state index >= 15 is 0 Å². The average Bonchev–Trinajstić information content (AvgIpc) is 2.94. The highest BCUT2D eigenvalue weighted by molar-refractivity contribution is 5.18. The van der Waals surface area contributed by atoms with Gasteiger partial charge in [-0.3, -0.25) is 11.3 Å². The lowest BCUT2D eigenvalue weighted by molar-refractivity contribution is -0.103. The molecular weight excluding hydrogens is 271 g/mol. The Bertz CT molecular complexity index is 477. The van der Waals surface area contributed by atoms with E-state index in [2.05, 4.69) is 5.43 Å². The summed E-state index contributed by atoms with van der Waals surface area (Å²) in [5, 5.41) is 0. The molecule has 2 heterocycles. The Morgan fingerprint density at radius 2 is 2.24 bits per heavy atom. The lowest BCUT2D eigenvalue weighted by Crippen LogP contribution is -2.50. The SMILES string of the molecule is NNC(Cc1ccccc1F)C1CCOC2(CCOC2)C1. The summed E-state index contributed by atoms with van der Waals surface area (Å²) >= 11 is 0. The van der Waals surface area contributed by atoms with Crippen LogP contribution in [0.15, 0.2) is 24.3 Å². The highest BCUT2D eigenvalue weighted by atomic mass is 19.1. The van der Waals surface area contributed by atoms with Crippen molar-refractivity contribution in [1.29, 1.82) is 0 Å². The zero-order valence-corrected chi connectivity index (χ0v) is 12.2. The van der Waals surface area contributed by atoms with Gasteiger partial charge in [-0.15, -0.1) is 0 Å². The van der Waals surface area contributed by atoms with E-state index in [0.717, 1.165) is 32.5 Å². The first-order chi connectivity index (χ1) is 10.2. The molecule has 21 heavy (non-hydrogen) atoms. The molecule has 2 fully saturated rings. The van der Waals surface area contributed by atoms with Crippen molar-refractivity contribution in [1.82, 2.24) is 5.43 Å². The maximum atomic E-state index is 13.8. The Balaban J connectivity index is 1.69. The third kappa shape index (κ3) is 3.26. The lowest BCUT2D eigenvalue weighted by atomic mass is 9.79. The highest BCUT2D eigenvalue weighted by Crippen LogP contribution is 2.37. The third-order valence-corrected chi connectivity index (χ3v) is 4.78. The molecule has 2 aliphatic heterocycles. The largest absolute Gasteiger partial charge is 0.378 e. The summed E-state index contributed by atoms with van der Waals surface area (Å²) in [6, 6.07) is 6.96. The number of nitrogens with two attached hydrogens (primary N) is 1. The van der Waals surface area contributed by atoms with Gasteiger partial charge in [-0.25, -0.2) is 4.39 Å². The predicted molar refractivity (Wildman–Crippen MR) is 78.1 cm³/mol. The fourth-order valence-corrected chi connectivity index (χ4v) is 3.53. The molecule has 0 aliphatic carbocycles. The van der Waals surface area contributed by atoms with Crippen LogP contribution in [-0.2, 0) is 15.9 Å². The normalized spacial score (nSPS) is 30.7. The molecule has 0 amide bonds. The van der Waals surface area contributed by atoms with Crippen LogP contribution in [0.25, 0.3) is 0 Å². The van der Waals surface area contributed by atoms with Crippen molar-refractivity contribution in [3.63, 3.8) is 0 Å². The second-order valence-corrected chi connectivity index (χ2v) is 6.16. The molecule has 5 heteroatoms. The number of hydrogen-bond donors (Lipinski definition) is 2. The molecule has 0 aromatic heterocycles. The summed E-state index contributed by atoms with van der Waals surface area (Å²) in [7, 11) is 0. The number of hydrogen-bond acceptors (Lipinski definition) is 4. The Labute approximate surface area is 124 Å². The van der Waals surface area contributed by atoms with Gasteiger partial charge in [-0.1, -0.05) is 18.2 Å². The van der Waals surface area contributed by atoms with Crippen molar-refractivity contribution in [2.75, 3.05) is 19.8 Å². The molecule has 116 valence electrons. The summed E-state index contributed by atoms with van der Waals surface area (Å²) in [4.78, 5) is 0. The molecule has 2 saturated heterocycles. The zero-order valence-electron chi connectivity index (χ0n) is 12.2. The summed E-state index contributed by atoms with van der Waals surface area (Å²) in [6.07, 6.45) is 3.42. The van der Waals surface area contributed by atoms with E-state index in [9.17, 15) is 4.39 Å². The van der Waals surface area contributed by atoms with Crippen LogP contribution in [0.2, 0.25) is 0 Å². The first kappa shape index (κ1) is 14.9. The molecule has 3 N–H and O–H groups in total. The van der Waals surface area contributed by atoms with E-state index in [1.54, 1.807) is 6.07 Å². The van der Waals surface area contributed by atoms with Gasteiger partial charge in [0.25, 0.3) is 0 Å². The smallest absolute Gasteiger partial charge is 0.126 e. The van der Waals surface area contributed by atoms with E-state index < -0.39 is 0 Å². The van der Waals surface area contributed by atoms with Crippen LogP contribution in [0, 0.1) is 11.7 Å². The van der Waals surface area contributed by atoms with E-state index in [4.69, 9.17) is 15.3 Å². The molecule has 0 radical (unpaired) electrons. The van der Waals surface area contributed by atoms with Crippen LogP contribution in [0.1, 0.15) is 24.8 Å². The number of ether oxygens (including phenoxy) is 2. The molecule has 3 atom stereocenters. The van der Waals surface area contributed by atoms with Crippen LogP contribution < -0.4 is 11.3 Å². The second-order valence-electron chi connectivity index (χ2n) is 6.16. The third-order valence-electron chi connectivity index (χ3n) is 4.78. The van der Waals surface area contributed by atoms with Gasteiger partial charge >= 0.3 is 0 Å². The molecule has 0 bridgehead atoms. The summed E-state index contributed by atoms with van der Waals surface area (Å²) < 4.78 is 25.3. The molecule has 3 rings (SSSR count). The van der Waals surface area contributed by atoms with Gasteiger partial charge in [-0.05, 0) is 36.8 Å². The Morgan fingerprint density at radius 1 is 1.38 bits per heavy atom. The number of benzene rings is 1. The van der Waals surface area contributed by atoms with Gasteiger partial charge in [0.05, 0.1) is 12.2 Å². The van der Waals surface area contributed by atoms with Crippen LogP contribution >= 0.6 is 0 Å². The van der Waals surface area contributed by atoms with E-state index in [0.29, 0.717) is 24.5 Å². The molecule has 1 aromatic carbocycles. The molecular formula is C16H23FN2O2. The summed E-state index contributed by atoms with van der Waals surface area (Å²) in [6.45, 7) is 2.16. The first-order valence-electron chi connectivity index (χ1n) is 7.64. The molecule has 0 saturated carbocycles. The zero-order chi connectivity index (χ0) is 14.7. The van der Waals surface area contributed by atoms with Crippen LogP contribution in [0.4, 0.5) is 4.39 Å².